The molecule has 0 amide bonds. The van der Waals surface area contributed by atoms with Crippen LogP contribution in [0.15, 0.2) is 18.2 Å². The lowest BCUT2D eigenvalue weighted by Gasteiger charge is -2.28. The third-order valence-electron chi connectivity index (χ3n) is 4.29. The van der Waals surface area contributed by atoms with E-state index < -0.39 is 11.9 Å². The molecule has 1 aliphatic carbocycles. The first kappa shape index (κ1) is 13.8. The van der Waals surface area contributed by atoms with Crippen molar-refractivity contribution in [3.63, 3.8) is 0 Å². The average molecular weight is 260 g/mol. The van der Waals surface area contributed by atoms with Gasteiger partial charge < -0.3 is 5.11 Å². The van der Waals surface area contributed by atoms with Crippen LogP contribution < -0.4 is 0 Å². The molecule has 0 heterocycles. The second-order valence-corrected chi connectivity index (χ2v) is 5.45. The van der Waals surface area contributed by atoms with Gasteiger partial charge in [-0.3, -0.25) is 9.59 Å². The van der Waals surface area contributed by atoms with E-state index in [2.05, 4.69) is 0 Å². The number of aryl methyl sites for hydroxylation is 1. The predicted octanol–water partition coefficient (Wildman–Crippen LogP) is 3.38. The van der Waals surface area contributed by atoms with Gasteiger partial charge in [0.1, 0.15) is 0 Å². The SMILES string of the molecule is Cc1cccc(C(=O)C2CCCCC2C(=O)O)c1C. The Kier molecular flexibility index (Phi) is 4.03. The maximum atomic E-state index is 12.6. The molecule has 1 aromatic rings. The van der Waals surface area contributed by atoms with Crippen LogP contribution in [-0.2, 0) is 4.79 Å². The lowest BCUT2D eigenvalue weighted by atomic mass is 9.75. The number of carboxylic acid groups (broad SMARTS) is 1. The third-order valence-corrected chi connectivity index (χ3v) is 4.29. The highest BCUT2D eigenvalue weighted by Crippen LogP contribution is 2.33. The van der Waals surface area contributed by atoms with Crippen LogP contribution in [-0.4, -0.2) is 16.9 Å². The van der Waals surface area contributed by atoms with Crippen molar-refractivity contribution in [2.45, 2.75) is 39.5 Å². The summed E-state index contributed by atoms with van der Waals surface area (Å²) in [5.41, 5.74) is 2.74. The molecule has 0 saturated heterocycles. The van der Waals surface area contributed by atoms with Gasteiger partial charge in [-0.05, 0) is 37.8 Å². The van der Waals surface area contributed by atoms with E-state index in [9.17, 15) is 14.7 Å². The molecule has 2 unspecified atom stereocenters. The highest BCUT2D eigenvalue weighted by molar-refractivity contribution is 6.01. The standard InChI is InChI=1S/C16H20O3/c1-10-6-5-9-12(11(10)2)15(17)13-7-3-4-8-14(13)16(18)19/h5-6,9,13-14H,3-4,7-8H2,1-2H3,(H,18,19). The van der Waals surface area contributed by atoms with Crippen LogP contribution in [0.25, 0.3) is 0 Å². The zero-order chi connectivity index (χ0) is 14.0. The Morgan fingerprint density at radius 3 is 2.37 bits per heavy atom. The molecule has 19 heavy (non-hydrogen) atoms. The van der Waals surface area contributed by atoms with Crippen molar-refractivity contribution < 1.29 is 14.7 Å². The van der Waals surface area contributed by atoms with Gasteiger partial charge in [0.15, 0.2) is 5.78 Å². The van der Waals surface area contributed by atoms with Gasteiger partial charge in [-0.1, -0.05) is 31.0 Å². The first-order valence-electron chi connectivity index (χ1n) is 6.85. The van der Waals surface area contributed by atoms with Crippen molar-refractivity contribution in [1.29, 1.82) is 0 Å². The van der Waals surface area contributed by atoms with Crippen molar-refractivity contribution in [2.24, 2.45) is 11.8 Å². The second-order valence-electron chi connectivity index (χ2n) is 5.45. The van der Waals surface area contributed by atoms with Crippen LogP contribution in [0.5, 0.6) is 0 Å². The zero-order valence-electron chi connectivity index (χ0n) is 11.5. The van der Waals surface area contributed by atoms with E-state index in [-0.39, 0.29) is 11.7 Å². The smallest absolute Gasteiger partial charge is 0.307 e. The molecule has 0 aromatic heterocycles. The number of carbonyl (C=O) groups is 2. The summed E-state index contributed by atoms with van der Waals surface area (Å²) in [5, 5.41) is 9.28. The maximum Gasteiger partial charge on any atom is 0.307 e. The zero-order valence-corrected chi connectivity index (χ0v) is 11.5. The van der Waals surface area contributed by atoms with Gasteiger partial charge in [-0.15, -0.1) is 0 Å². The highest BCUT2D eigenvalue weighted by Gasteiger charge is 2.36. The van der Waals surface area contributed by atoms with E-state index in [1.54, 1.807) is 0 Å². The van der Waals surface area contributed by atoms with Gasteiger partial charge in [0.05, 0.1) is 5.92 Å². The van der Waals surface area contributed by atoms with Gasteiger partial charge in [-0.2, -0.15) is 0 Å². The van der Waals surface area contributed by atoms with E-state index in [1.165, 1.54) is 0 Å². The molecule has 1 aromatic carbocycles. The topological polar surface area (TPSA) is 54.4 Å². The quantitative estimate of drug-likeness (QED) is 0.848. The molecule has 0 bridgehead atoms. The summed E-state index contributed by atoms with van der Waals surface area (Å²) in [4.78, 5) is 23.9. The molecule has 0 radical (unpaired) electrons. The lowest BCUT2D eigenvalue weighted by molar-refractivity contribution is -0.144. The maximum absolute atomic E-state index is 12.6. The Labute approximate surface area is 113 Å². The molecule has 0 aliphatic heterocycles. The van der Waals surface area contributed by atoms with Crippen LogP contribution in [0.2, 0.25) is 0 Å². The summed E-state index contributed by atoms with van der Waals surface area (Å²) in [5.74, 6) is -1.69. The molecule has 3 heteroatoms. The van der Waals surface area contributed by atoms with Crippen LogP contribution in [0.1, 0.15) is 47.2 Å². The van der Waals surface area contributed by atoms with Crippen molar-refractivity contribution in [2.75, 3.05) is 0 Å². The number of carboxylic acids is 1. The minimum Gasteiger partial charge on any atom is -0.481 e. The number of Topliss-reactive ketones (excluding diaryl/α,β-unsaturated/α-hetero) is 1. The van der Waals surface area contributed by atoms with Crippen LogP contribution in [0.4, 0.5) is 0 Å². The second kappa shape index (κ2) is 5.55. The minimum atomic E-state index is -0.830. The van der Waals surface area contributed by atoms with Crippen molar-refractivity contribution in [3.05, 3.63) is 34.9 Å². The molecule has 102 valence electrons. The molecule has 1 fully saturated rings. The summed E-state index contributed by atoms with van der Waals surface area (Å²) >= 11 is 0. The van der Waals surface area contributed by atoms with Crippen LogP contribution in [0, 0.1) is 25.7 Å². The monoisotopic (exact) mass is 260 g/mol. The van der Waals surface area contributed by atoms with E-state index in [0.717, 1.165) is 24.0 Å². The van der Waals surface area contributed by atoms with Gasteiger partial charge in [0.25, 0.3) is 0 Å². The fourth-order valence-electron chi connectivity index (χ4n) is 2.96. The molecule has 1 N–H and O–H groups in total. The fraction of sp³-hybridized carbons (Fsp3) is 0.500. The van der Waals surface area contributed by atoms with Crippen molar-refractivity contribution in [3.8, 4) is 0 Å². The Balaban J connectivity index is 2.31. The summed E-state index contributed by atoms with van der Waals surface area (Å²) in [6.07, 6.45) is 3.18. The summed E-state index contributed by atoms with van der Waals surface area (Å²) in [6.45, 7) is 3.91. The average Bonchev–Trinajstić information content (AvgIpc) is 2.41. The molecular formula is C16H20O3. The Bertz CT molecular complexity index is 505. The third kappa shape index (κ3) is 2.70. The van der Waals surface area contributed by atoms with E-state index in [0.29, 0.717) is 18.4 Å². The fourth-order valence-corrected chi connectivity index (χ4v) is 2.96. The molecule has 3 nitrogen and oxygen atoms in total. The molecule has 2 rings (SSSR count). The number of carbonyl (C=O) groups excluding carboxylic acids is 1. The first-order valence-corrected chi connectivity index (χ1v) is 6.85. The van der Waals surface area contributed by atoms with E-state index >= 15 is 0 Å². The summed E-state index contributed by atoms with van der Waals surface area (Å²) in [6, 6.07) is 5.66. The normalized spacial score (nSPS) is 23.1. The Hall–Kier alpha value is -1.64. The van der Waals surface area contributed by atoms with Gasteiger partial charge in [0.2, 0.25) is 0 Å². The van der Waals surface area contributed by atoms with Crippen molar-refractivity contribution in [1.82, 2.24) is 0 Å². The largest absolute Gasteiger partial charge is 0.481 e. The Morgan fingerprint density at radius 2 is 1.74 bits per heavy atom. The molecular weight excluding hydrogens is 240 g/mol. The van der Waals surface area contributed by atoms with Gasteiger partial charge in [0, 0.05) is 11.5 Å². The molecule has 2 atom stereocenters. The number of ketones is 1. The van der Waals surface area contributed by atoms with Crippen LogP contribution >= 0.6 is 0 Å². The van der Waals surface area contributed by atoms with Gasteiger partial charge >= 0.3 is 5.97 Å². The lowest BCUT2D eigenvalue weighted by Crippen LogP contribution is -2.33. The predicted molar refractivity (Wildman–Crippen MR) is 73.3 cm³/mol. The number of benzene rings is 1. The summed E-state index contributed by atoms with van der Waals surface area (Å²) < 4.78 is 0. The number of hydrogen-bond acceptors (Lipinski definition) is 2. The Morgan fingerprint density at radius 1 is 1.11 bits per heavy atom. The number of hydrogen-bond donors (Lipinski definition) is 1. The van der Waals surface area contributed by atoms with Gasteiger partial charge in [-0.25, -0.2) is 0 Å². The summed E-state index contributed by atoms with van der Waals surface area (Å²) in [7, 11) is 0. The number of aliphatic carboxylic acids is 1. The van der Waals surface area contributed by atoms with E-state index in [1.807, 2.05) is 32.0 Å². The first-order chi connectivity index (χ1) is 9.02. The number of rotatable bonds is 3. The molecule has 1 saturated carbocycles. The molecule has 1 aliphatic rings. The molecule has 0 spiro atoms. The van der Waals surface area contributed by atoms with Crippen LogP contribution in [0.3, 0.4) is 0 Å². The minimum absolute atomic E-state index is 0.00769. The van der Waals surface area contributed by atoms with E-state index in [4.69, 9.17) is 0 Å². The van der Waals surface area contributed by atoms with Crippen molar-refractivity contribution >= 4 is 11.8 Å². The highest BCUT2D eigenvalue weighted by atomic mass is 16.4.